The lowest BCUT2D eigenvalue weighted by molar-refractivity contribution is 0.442. The molecule has 1 fully saturated rings. The summed E-state index contributed by atoms with van der Waals surface area (Å²) in [5, 5.41) is 3.66. The number of rotatable bonds is 3. The van der Waals surface area contributed by atoms with Crippen molar-refractivity contribution in [3.05, 3.63) is 60.2 Å². The molecule has 0 spiro atoms. The standard InChI is InChI=1S/C23H29N3/c1-18-16-23(24-20-12-6-3-7-13-20)25-21-14-8-9-15-22(21)26(18)17-19-10-4-2-5-11-19/h2,4-5,8-11,14-15,18,20H,3,6-7,12-13,16-17H2,1H3,(H,24,25). The normalized spacial score (nSPS) is 22.6. The maximum Gasteiger partial charge on any atom is 0.103 e. The van der Waals surface area contributed by atoms with E-state index in [1.807, 2.05) is 0 Å². The Morgan fingerprint density at radius 1 is 0.962 bits per heavy atom. The van der Waals surface area contributed by atoms with Gasteiger partial charge in [0.2, 0.25) is 0 Å². The Bertz CT molecular complexity index is 747. The minimum atomic E-state index is 0.411. The summed E-state index contributed by atoms with van der Waals surface area (Å²) in [6.07, 6.45) is 7.49. The van der Waals surface area contributed by atoms with E-state index in [9.17, 15) is 0 Å². The van der Waals surface area contributed by atoms with Crippen LogP contribution in [0.3, 0.4) is 0 Å². The minimum absolute atomic E-state index is 0.411. The van der Waals surface area contributed by atoms with E-state index in [1.165, 1.54) is 49.0 Å². The smallest absolute Gasteiger partial charge is 0.103 e. The number of anilines is 2. The quantitative estimate of drug-likeness (QED) is 0.779. The van der Waals surface area contributed by atoms with Crippen LogP contribution < -0.4 is 10.2 Å². The maximum absolute atomic E-state index is 5.12. The Morgan fingerprint density at radius 2 is 1.69 bits per heavy atom. The van der Waals surface area contributed by atoms with Gasteiger partial charge < -0.3 is 10.2 Å². The van der Waals surface area contributed by atoms with Gasteiger partial charge in [-0.3, -0.25) is 4.99 Å². The van der Waals surface area contributed by atoms with Gasteiger partial charge in [-0.1, -0.05) is 61.7 Å². The van der Waals surface area contributed by atoms with Crippen molar-refractivity contribution in [2.45, 2.75) is 64.1 Å². The lowest BCUT2D eigenvalue weighted by Gasteiger charge is -2.30. The lowest BCUT2D eigenvalue weighted by Crippen LogP contribution is -2.33. The zero-order valence-corrected chi connectivity index (χ0v) is 15.7. The van der Waals surface area contributed by atoms with E-state index < -0.39 is 0 Å². The molecule has 0 saturated heterocycles. The molecule has 3 heteroatoms. The van der Waals surface area contributed by atoms with E-state index in [-0.39, 0.29) is 0 Å². The zero-order valence-electron chi connectivity index (χ0n) is 15.7. The number of para-hydroxylation sites is 2. The Labute approximate surface area is 157 Å². The minimum Gasteiger partial charge on any atom is -0.362 e. The topological polar surface area (TPSA) is 27.6 Å². The van der Waals surface area contributed by atoms with Gasteiger partial charge in [0.25, 0.3) is 0 Å². The van der Waals surface area contributed by atoms with Crippen LogP contribution >= 0.6 is 0 Å². The maximum atomic E-state index is 5.12. The molecule has 26 heavy (non-hydrogen) atoms. The van der Waals surface area contributed by atoms with E-state index in [0.29, 0.717) is 12.1 Å². The largest absolute Gasteiger partial charge is 0.362 e. The SMILES string of the molecule is CC1CC(=NC2CCCCC2)Nc2ccccc2N1Cc1ccccc1. The number of nitrogens with one attached hydrogen (secondary N) is 1. The molecule has 0 bridgehead atoms. The first-order valence-corrected chi connectivity index (χ1v) is 10.0. The van der Waals surface area contributed by atoms with Gasteiger partial charge in [0.15, 0.2) is 0 Å². The summed E-state index contributed by atoms with van der Waals surface area (Å²) in [6.45, 7) is 3.25. The van der Waals surface area contributed by atoms with Crippen molar-refractivity contribution in [1.29, 1.82) is 0 Å². The van der Waals surface area contributed by atoms with Crippen LogP contribution in [0, 0.1) is 0 Å². The molecule has 4 rings (SSSR count). The second-order valence-electron chi connectivity index (χ2n) is 7.68. The summed E-state index contributed by atoms with van der Waals surface area (Å²) in [7, 11) is 0. The molecule has 2 aromatic carbocycles. The van der Waals surface area contributed by atoms with Crippen molar-refractivity contribution in [3.63, 3.8) is 0 Å². The molecule has 1 saturated carbocycles. The van der Waals surface area contributed by atoms with Crippen molar-refractivity contribution in [2.24, 2.45) is 4.99 Å². The Balaban J connectivity index is 1.62. The Kier molecular flexibility index (Phi) is 5.24. The number of aliphatic imine (C=N–C) groups is 1. The molecular weight excluding hydrogens is 318 g/mol. The summed E-state index contributed by atoms with van der Waals surface area (Å²) in [6, 6.07) is 20.3. The molecule has 0 aromatic heterocycles. The van der Waals surface area contributed by atoms with Crippen LogP contribution in [-0.2, 0) is 6.54 Å². The average molecular weight is 348 g/mol. The first-order chi connectivity index (χ1) is 12.8. The summed E-state index contributed by atoms with van der Waals surface area (Å²) in [5.41, 5.74) is 3.81. The third-order valence-electron chi connectivity index (χ3n) is 5.62. The van der Waals surface area contributed by atoms with Gasteiger partial charge in [-0.15, -0.1) is 0 Å². The Morgan fingerprint density at radius 3 is 2.50 bits per heavy atom. The molecule has 1 aliphatic heterocycles. The third kappa shape index (κ3) is 3.92. The van der Waals surface area contributed by atoms with Gasteiger partial charge in [0.05, 0.1) is 17.4 Å². The van der Waals surface area contributed by atoms with Crippen molar-refractivity contribution in [3.8, 4) is 0 Å². The van der Waals surface area contributed by atoms with Crippen LogP contribution in [0.1, 0.15) is 51.0 Å². The highest BCUT2D eigenvalue weighted by atomic mass is 15.2. The molecule has 1 N–H and O–H groups in total. The molecule has 3 nitrogen and oxygen atoms in total. The molecule has 1 aliphatic carbocycles. The first kappa shape index (κ1) is 17.1. The highest BCUT2D eigenvalue weighted by Crippen LogP contribution is 2.33. The van der Waals surface area contributed by atoms with E-state index in [0.717, 1.165) is 18.8 Å². The van der Waals surface area contributed by atoms with Gasteiger partial charge in [0.1, 0.15) is 5.84 Å². The van der Waals surface area contributed by atoms with Crippen LogP contribution in [-0.4, -0.2) is 17.9 Å². The van der Waals surface area contributed by atoms with Crippen LogP contribution in [0.5, 0.6) is 0 Å². The number of amidine groups is 1. The molecular formula is C23H29N3. The molecule has 1 unspecified atom stereocenters. The van der Waals surface area contributed by atoms with Gasteiger partial charge in [-0.25, -0.2) is 0 Å². The lowest BCUT2D eigenvalue weighted by atomic mass is 9.96. The van der Waals surface area contributed by atoms with Gasteiger partial charge >= 0.3 is 0 Å². The first-order valence-electron chi connectivity index (χ1n) is 10.0. The van der Waals surface area contributed by atoms with E-state index >= 15 is 0 Å². The third-order valence-corrected chi connectivity index (χ3v) is 5.62. The average Bonchev–Trinajstić information content (AvgIpc) is 2.80. The van der Waals surface area contributed by atoms with Crippen LogP contribution in [0.2, 0.25) is 0 Å². The Hall–Kier alpha value is -2.29. The van der Waals surface area contributed by atoms with Crippen molar-refractivity contribution in [2.75, 3.05) is 10.2 Å². The summed E-state index contributed by atoms with van der Waals surface area (Å²) >= 11 is 0. The second kappa shape index (κ2) is 7.94. The van der Waals surface area contributed by atoms with Gasteiger partial charge in [-0.05, 0) is 37.5 Å². The van der Waals surface area contributed by atoms with Crippen LogP contribution in [0.15, 0.2) is 59.6 Å². The van der Waals surface area contributed by atoms with Crippen molar-refractivity contribution >= 4 is 17.2 Å². The van der Waals surface area contributed by atoms with Gasteiger partial charge in [-0.2, -0.15) is 0 Å². The van der Waals surface area contributed by atoms with Crippen molar-refractivity contribution < 1.29 is 0 Å². The van der Waals surface area contributed by atoms with E-state index in [2.05, 4.69) is 71.7 Å². The molecule has 1 heterocycles. The summed E-state index contributed by atoms with van der Waals surface area (Å²) in [4.78, 5) is 7.64. The highest BCUT2D eigenvalue weighted by Gasteiger charge is 2.25. The fourth-order valence-corrected chi connectivity index (χ4v) is 4.20. The zero-order chi connectivity index (χ0) is 17.8. The molecule has 2 aromatic rings. The molecule has 0 amide bonds. The van der Waals surface area contributed by atoms with Gasteiger partial charge in [0, 0.05) is 19.0 Å². The fourth-order valence-electron chi connectivity index (χ4n) is 4.20. The second-order valence-corrected chi connectivity index (χ2v) is 7.68. The highest BCUT2D eigenvalue weighted by molar-refractivity contribution is 6.00. The summed E-state index contributed by atoms with van der Waals surface area (Å²) < 4.78 is 0. The van der Waals surface area contributed by atoms with Crippen LogP contribution in [0.4, 0.5) is 11.4 Å². The molecule has 1 atom stereocenters. The number of hydrogen-bond donors (Lipinski definition) is 1. The van der Waals surface area contributed by atoms with E-state index in [1.54, 1.807) is 0 Å². The molecule has 2 aliphatic rings. The number of hydrogen-bond acceptors (Lipinski definition) is 2. The van der Waals surface area contributed by atoms with Crippen molar-refractivity contribution in [1.82, 2.24) is 0 Å². The fraction of sp³-hybridized carbons (Fsp3) is 0.435. The molecule has 136 valence electrons. The summed E-state index contributed by atoms with van der Waals surface area (Å²) in [5.74, 6) is 1.16. The predicted molar refractivity (Wildman–Crippen MR) is 111 cm³/mol. The number of benzene rings is 2. The number of nitrogens with zero attached hydrogens (tertiary/aromatic N) is 2. The van der Waals surface area contributed by atoms with Crippen LogP contribution in [0.25, 0.3) is 0 Å². The monoisotopic (exact) mass is 347 g/mol. The van der Waals surface area contributed by atoms with E-state index in [4.69, 9.17) is 4.99 Å². The molecule has 0 radical (unpaired) electrons. The number of fused-ring (bicyclic) bond motifs is 1. The predicted octanol–water partition coefficient (Wildman–Crippen LogP) is 5.63.